The number of carbonyl (C=O) groups is 1. The maximum atomic E-state index is 12.3. The lowest BCUT2D eigenvalue weighted by Gasteiger charge is -2.30. The lowest BCUT2D eigenvalue weighted by Crippen LogP contribution is -2.45. The maximum Gasteiger partial charge on any atom is 0.196 e. The Balaban J connectivity index is 2.00. The van der Waals surface area contributed by atoms with Crippen LogP contribution in [-0.4, -0.2) is 52.8 Å². The molecule has 0 radical (unpaired) electrons. The van der Waals surface area contributed by atoms with Crippen LogP contribution < -0.4 is 0 Å². The second-order valence-electron chi connectivity index (χ2n) is 4.61. The molecule has 0 saturated carbocycles. The van der Waals surface area contributed by atoms with Crippen molar-refractivity contribution >= 4 is 5.78 Å². The molecule has 1 aliphatic rings. The summed E-state index contributed by atoms with van der Waals surface area (Å²) in [7, 11) is 0. The van der Waals surface area contributed by atoms with Crippen molar-refractivity contribution in [3.8, 4) is 0 Å². The van der Waals surface area contributed by atoms with E-state index >= 15 is 0 Å². The fraction of sp³-hybridized carbons (Fsp3) is 0.692. The number of nitrogens with zero attached hydrogens (tertiary/aromatic N) is 3. The van der Waals surface area contributed by atoms with Crippen LogP contribution in [0.3, 0.4) is 0 Å². The molecule has 0 aromatic carbocycles. The van der Waals surface area contributed by atoms with Gasteiger partial charge in [-0.1, -0.05) is 13.8 Å². The van der Waals surface area contributed by atoms with E-state index in [0.717, 1.165) is 26.1 Å². The highest BCUT2D eigenvalue weighted by Gasteiger charge is 2.27. The Morgan fingerprint density at radius 1 is 1.56 bits per heavy atom. The van der Waals surface area contributed by atoms with Crippen molar-refractivity contribution < 1.29 is 9.53 Å². The number of hydrogen-bond donors (Lipinski definition) is 0. The van der Waals surface area contributed by atoms with Crippen molar-refractivity contribution in [2.75, 3.05) is 26.2 Å². The zero-order chi connectivity index (χ0) is 13.0. The third-order valence-corrected chi connectivity index (χ3v) is 3.26. The lowest BCUT2D eigenvalue weighted by molar-refractivity contribution is -0.0148. The standard InChI is InChI=1S/C13H21N3O2/c1-3-5-16-9-11(8-14-16)13(17)12-10-15(4-2)6-7-18-12/h8-9,12H,3-7,10H2,1-2H3. The maximum absolute atomic E-state index is 12.3. The van der Waals surface area contributed by atoms with Crippen LogP contribution >= 0.6 is 0 Å². The molecular weight excluding hydrogens is 230 g/mol. The van der Waals surface area contributed by atoms with Crippen molar-refractivity contribution in [3.05, 3.63) is 18.0 Å². The van der Waals surface area contributed by atoms with Crippen LogP contribution in [0.25, 0.3) is 0 Å². The normalized spacial score (nSPS) is 21.1. The topological polar surface area (TPSA) is 47.4 Å². The summed E-state index contributed by atoms with van der Waals surface area (Å²) in [6.07, 6.45) is 4.14. The molecule has 0 N–H and O–H groups in total. The molecule has 1 saturated heterocycles. The van der Waals surface area contributed by atoms with Crippen molar-refractivity contribution in [3.63, 3.8) is 0 Å². The third-order valence-electron chi connectivity index (χ3n) is 3.26. The number of morpholine rings is 1. The van der Waals surface area contributed by atoms with Gasteiger partial charge in [-0.2, -0.15) is 5.10 Å². The molecule has 1 aromatic rings. The molecule has 0 bridgehead atoms. The van der Waals surface area contributed by atoms with Gasteiger partial charge < -0.3 is 4.74 Å². The molecule has 1 aliphatic heterocycles. The number of carbonyl (C=O) groups excluding carboxylic acids is 1. The van der Waals surface area contributed by atoms with Gasteiger partial charge in [0.25, 0.3) is 0 Å². The van der Waals surface area contributed by atoms with Crippen LogP contribution in [0.15, 0.2) is 12.4 Å². The van der Waals surface area contributed by atoms with E-state index in [1.165, 1.54) is 0 Å². The molecule has 2 rings (SSSR count). The van der Waals surface area contributed by atoms with Crippen LogP contribution in [0.5, 0.6) is 0 Å². The van der Waals surface area contributed by atoms with E-state index in [9.17, 15) is 4.79 Å². The van der Waals surface area contributed by atoms with Crippen LogP contribution in [0, 0.1) is 0 Å². The van der Waals surface area contributed by atoms with Crippen LogP contribution in [0.1, 0.15) is 30.6 Å². The Morgan fingerprint density at radius 3 is 3.11 bits per heavy atom. The summed E-state index contributed by atoms with van der Waals surface area (Å²) < 4.78 is 7.38. The molecule has 1 atom stereocenters. The number of aromatic nitrogens is 2. The highest BCUT2D eigenvalue weighted by molar-refractivity contribution is 5.99. The molecule has 5 nitrogen and oxygen atoms in total. The molecule has 0 aliphatic carbocycles. The first-order valence-electron chi connectivity index (χ1n) is 6.65. The first-order valence-corrected chi connectivity index (χ1v) is 6.65. The summed E-state index contributed by atoms with van der Waals surface area (Å²) in [5, 5.41) is 4.19. The van der Waals surface area contributed by atoms with Crippen molar-refractivity contribution in [2.45, 2.75) is 32.9 Å². The SMILES string of the molecule is CCCn1cc(C(=O)C2CN(CC)CCO2)cn1. The van der Waals surface area contributed by atoms with Gasteiger partial charge in [-0.15, -0.1) is 0 Å². The van der Waals surface area contributed by atoms with Gasteiger partial charge in [-0.25, -0.2) is 0 Å². The zero-order valence-electron chi connectivity index (χ0n) is 11.1. The molecule has 2 heterocycles. The van der Waals surface area contributed by atoms with E-state index < -0.39 is 0 Å². The van der Waals surface area contributed by atoms with E-state index in [4.69, 9.17) is 4.74 Å². The van der Waals surface area contributed by atoms with Crippen molar-refractivity contribution in [1.82, 2.24) is 14.7 Å². The van der Waals surface area contributed by atoms with Gasteiger partial charge in [0.05, 0.1) is 18.4 Å². The fourth-order valence-corrected chi connectivity index (χ4v) is 2.18. The van der Waals surface area contributed by atoms with Gasteiger partial charge in [0, 0.05) is 25.8 Å². The highest BCUT2D eigenvalue weighted by Crippen LogP contribution is 2.11. The summed E-state index contributed by atoms with van der Waals surface area (Å²) in [6.45, 7) is 8.23. The molecule has 1 unspecified atom stereocenters. The largest absolute Gasteiger partial charge is 0.367 e. The first-order chi connectivity index (χ1) is 8.74. The molecular formula is C13H21N3O2. The molecule has 0 spiro atoms. The predicted octanol–water partition coefficient (Wildman–Crippen LogP) is 1.20. The summed E-state index contributed by atoms with van der Waals surface area (Å²) in [5.74, 6) is 0.0514. The number of likely N-dealkylation sites (N-methyl/N-ethyl adjacent to an activating group) is 1. The van der Waals surface area contributed by atoms with Gasteiger partial charge in [0.1, 0.15) is 6.10 Å². The van der Waals surface area contributed by atoms with E-state index in [1.807, 2.05) is 10.9 Å². The summed E-state index contributed by atoms with van der Waals surface area (Å²) in [4.78, 5) is 14.5. The van der Waals surface area contributed by atoms with Gasteiger partial charge in [-0.05, 0) is 13.0 Å². The Morgan fingerprint density at radius 2 is 2.39 bits per heavy atom. The minimum absolute atomic E-state index is 0.0514. The Kier molecular flexibility index (Phi) is 4.49. The molecule has 18 heavy (non-hydrogen) atoms. The van der Waals surface area contributed by atoms with E-state index in [2.05, 4.69) is 23.8 Å². The Hall–Kier alpha value is -1.20. The second-order valence-corrected chi connectivity index (χ2v) is 4.61. The van der Waals surface area contributed by atoms with Gasteiger partial charge in [0.2, 0.25) is 0 Å². The Labute approximate surface area is 108 Å². The Bertz CT molecular complexity index is 403. The summed E-state index contributed by atoms with van der Waals surface area (Å²) in [5.41, 5.74) is 0.659. The highest BCUT2D eigenvalue weighted by atomic mass is 16.5. The van der Waals surface area contributed by atoms with Gasteiger partial charge >= 0.3 is 0 Å². The number of hydrogen-bond acceptors (Lipinski definition) is 4. The van der Waals surface area contributed by atoms with Crippen molar-refractivity contribution in [2.24, 2.45) is 0 Å². The quantitative estimate of drug-likeness (QED) is 0.738. The molecule has 1 aromatic heterocycles. The van der Waals surface area contributed by atoms with Gasteiger partial charge in [0.15, 0.2) is 5.78 Å². The average molecular weight is 251 g/mol. The lowest BCUT2D eigenvalue weighted by atomic mass is 10.1. The van der Waals surface area contributed by atoms with E-state index in [0.29, 0.717) is 18.7 Å². The smallest absolute Gasteiger partial charge is 0.196 e. The number of Topliss-reactive ketones (excluding diaryl/α,β-unsaturated/α-hetero) is 1. The van der Waals surface area contributed by atoms with Crippen LogP contribution in [0.4, 0.5) is 0 Å². The summed E-state index contributed by atoms with van der Waals surface area (Å²) >= 11 is 0. The number of ether oxygens (including phenoxy) is 1. The fourth-order valence-electron chi connectivity index (χ4n) is 2.18. The second kappa shape index (κ2) is 6.11. The minimum atomic E-state index is -0.335. The number of ketones is 1. The van der Waals surface area contributed by atoms with Crippen molar-refractivity contribution in [1.29, 1.82) is 0 Å². The zero-order valence-corrected chi connectivity index (χ0v) is 11.1. The molecule has 100 valence electrons. The monoisotopic (exact) mass is 251 g/mol. The van der Waals surface area contributed by atoms with E-state index in [1.54, 1.807) is 6.20 Å². The minimum Gasteiger partial charge on any atom is -0.367 e. The van der Waals surface area contributed by atoms with E-state index in [-0.39, 0.29) is 11.9 Å². The number of aryl methyl sites for hydroxylation is 1. The molecule has 5 heteroatoms. The van der Waals surface area contributed by atoms with Crippen LogP contribution in [-0.2, 0) is 11.3 Å². The average Bonchev–Trinajstić information content (AvgIpc) is 2.87. The van der Waals surface area contributed by atoms with Gasteiger partial charge in [-0.3, -0.25) is 14.4 Å². The number of rotatable bonds is 5. The first kappa shape index (κ1) is 13.2. The third kappa shape index (κ3) is 2.97. The predicted molar refractivity (Wildman–Crippen MR) is 68.7 cm³/mol. The molecule has 1 fully saturated rings. The summed E-state index contributed by atoms with van der Waals surface area (Å²) in [6, 6.07) is 0. The van der Waals surface area contributed by atoms with Crippen LogP contribution in [0.2, 0.25) is 0 Å². The molecule has 0 amide bonds.